The van der Waals surface area contributed by atoms with Crippen molar-refractivity contribution in [1.82, 2.24) is 0 Å². The summed E-state index contributed by atoms with van der Waals surface area (Å²) >= 11 is 6.19. The molecule has 1 saturated carbocycles. The first-order valence-electron chi connectivity index (χ1n) is 14.1. The molecule has 2 unspecified atom stereocenters. The van der Waals surface area contributed by atoms with Gasteiger partial charge in [0.25, 0.3) is 0 Å². The van der Waals surface area contributed by atoms with E-state index in [1.807, 2.05) is 36.4 Å². The second kappa shape index (κ2) is 12.5. The van der Waals surface area contributed by atoms with E-state index in [4.69, 9.17) is 25.8 Å². The van der Waals surface area contributed by atoms with Crippen LogP contribution in [0.5, 0.6) is 5.75 Å². The quantitative estimate of drug-likeness (QED) is 0.283. The lowest BCUT2D eigenvalue weighted by molar-refractivity contribution is -0.168. The van der Waals surface area contributed by atoms with Gasteiger partial charge in [0.15, 0.2) is 0 Å². The van der Waals surface area contributed by atoms with Crippen molar-refractivity contribution in [2.45, 2.75) is 83.3 Å². The Hall–Kier alpha value is -2.53. The Balaban J connectivity index is 1.36. The molecule has 2 aliphatic rings. The molecule has 3 aromatic carbocycles. The first-order chi connectivity index (χ1) is 18.5. The Morgan fingerprint density at radius 1 is 0.895 bits per heavy atom. The van der Waals surface area contributed by atoms with E-state index in [1.54, 1.807) is 0 Å². The first kappa shape index (κ1) is 27.1. The lowest BCUT2D eigenvalue weighted by atomic mass is 9.86. The van der Waals surface area contributed by atoms with Crippen LogP contribution in [0.1, 0.15) is 75.2 Å². The summed E-state index contributed by atoms with van der Waals surface area (Å²) in [4.78, 5) is 0. The van der Waals surface area contributed by atoms with Crippen LogP contribution in [0.25, 0.3) is 0 Å². The molecule has 1 aliphatic heterocycles. The molecule has 0 spiro atoms. The summed E-state index contributed by atoms with van der Waals surface area (Å²) in [5.74, 6) is 1.64. The number of nitrogens with one attached hydrogen (secondary N) is 1. The average molecular weight is 534 g/mol. The molecule has 38 heavy (non-hydrogen) atoms. The van der Waals surface area contributed by atoms with Crippen LogP contribution in [0.4, 0.5) is 5.69 Å². The van der Waals surface area contributed by atoms with Gasteiger partial charge in [0, 0.05) is 29.4 Å². The third-order valence-corrected chi connectivity index (χ3v) is 8.09. The van der Waals surface area contributed by atoms with E-state index >= 15 is 0 Å². The van der Waals surface area contributed by atoms with Gasteiger partial charge in [-0.05, 0) is 67.6 Å². The number of hydrogen-bond acceptors (Lipinski definition) is 4. The molecule has 2 atom stereocenters. The van der Waals surface area contributed by atoms with Crippen LogP contribution in [0, 0.1) is 5.92 Å². The Bertz CT molecular complexity index is 1180. The smallest absolute Gasteiger partial charge is 0.132 e. The minimum atomic E-state index is -0.535. The van der Waals surface area contributed by atoms with Crippen molar-refractivity contribution in [1.29, 1.82) is 0 Å². The maximum atomic E-state index is 6.73. The van der Waals surface area contributed by atoms with E-state index in [9.17, 15) is 0 Å². The van der Waals surface area contributed by atoms with E-state index in [2.05, 4.69) is 55.6 Å². The van der Waals surface area contributed by atoms with Crippen LogP contribution in [0.3, 0.4) is 0 Å². The van der Waals surface area contributed by atoms with E-state index in [0.717, 1.165) is 52.1 Å². The van der Waals surface area contributed by atoms with Gasteiger partial charge >= 0.3 is 0 Å². The summed E-state index contributed by atoms with van der Waals surface area (Å²) in [5.41, 5.74) is 3.81. The molecule has 0 aromatic heterocycles. The van der Waals surface area contributed by atoms with E-state index < -0.39 is 5.60 Å². The van der Waals surface area contributed by atoms with Gasteiger partial charge in [-0.2, -0.15) is 0 Å². The van der Waals surface area contributed by atoms with Crippen molar-refractivity contribution in [2.24, 2.45) is 5.92 Å². The molecule has 4 nitrogen and oxygen atoms in total. The molecule has 3 aromatic rings. The number of anilines is 1. The lowest BCUT2D eigenvalue weighted by Crippen LogP contribution is -2.51. The molecule has 202 valence electrons. The maximum Gasteiger partial charge on any atom is 0.132 e. The fourth-order valence-corrected chi connectivity index (χ4v) is 5.97. The van der Waals surface area contributed by atoms with Crippen molar-refractivity contribution >= 4 is 17.3 Å². The molecule has 5 heteroatoms. The van der Waals surface area contributed by atoms with Crippen LogP contribution in [-0.4, -0.2) is 18.3 Å². The van der Waals surface area contributed by atoms with E-state index in [0.29, 0.717) is 13.2 Å². The molecule has 1 fully saturated rings. The molecular weight excluding hydrogens is 494 g/mol. The lowest BCUT2D eigenvalue weighted by Gasteiger charge is -2.44. The van der Waals surface area contributed by atoms with Gasteiger partial charge in [-0.1, -0.05) is 86.2 Å². The van der Waals surface area contributed by atoms with Crippen LogP contribution in [0.15, 0.2) is 72.8 Å². The Morgan fingerprint density at radius 3 is 2.47 bits per heavy atom. The molecule has 1 heterocycles. The van der Waals surface area contributed by atoms with Crippen LogP contribution in [0.2, 0.25) is 5.02 Å². The summed E-state index contributed by atoms with van der Waals surface area (Å²) in [6.07, 6.45) is 7.36. The molecule has 0 bridgehead atoms. The Morgan fingerprint density at radius 2 is 1.68 bits per heavy atom. The zero-order valence-corrected chi connectivity index (χ0v) is 23.4. The first-order valence-corrected chi connectivity index (χ1v) is 14.4. The van der Waals surface area contributed by atoms with Crippen LogP contribution in [-0.2, 0) is 22.6 Å². The highest BCUT2D eigenvalue weighted by Gasteiger charge is 2.45. The second-order valence-corrected chi connectivity index (χ2v) is 11.7. The highest BCUT2D eigenvalue weighted by atomic mass is 35.5. The van der Waals surface area contributed by atoms with Gasteiger partial charge in [0.2, 0.25) is 0 Å². The number of halogens is 1. The molecule has 0 radical (unpaired) electrons. The summed E-state index contributed by atoms with van der Waals surface area (Å²) in [6, 6.07) is 24.6. The predicted molar refractivity (Wildman–Crippen MR) is 155 cm³/mol. The summed E-state index contributed by atoms with van der Waals surface area (Å²) in [5, 5.41) is 4.30. The van der Waals surface area contributed by atoms with Crippen molar-refractivity contribution in [2.75, 3.05) is 11.9 Å². The number of fused-ring (bicyclic) bond motifs is 1. The highest BCUT2D eigenvalue weighted by molar-refractivity contribution is 6.30. The van der Waals surface area contributed by atoms with Crippen molar-refractivity contribution in [3.63, 3.8) is 0 Å². The maximum absolute atomic E-state index is 6.73. The van der Waals surface area contributed by atoms with Crippen LogP contribution < -0.4 is 10.1 Å². The SMILES string of the molecule is CC1(C)Oc2ccc(NCc3cccc(Cl)c3)cc2C(OCCC2CCCCC2)C1OCc1ccccc1. The fraction of sp³-hybridized carbons (Fsp3) is 0.455. The summed E-state index contributed by atoms with van der Waals surface area (Å²) < 4.78 is 19.9. The van der Waals surface area contributed by atoms with Gasteiger partial charge in [0.1, 0.15) is 23.6 Å². The monoisotopic (exact) mass is 533 g/mol. The third-order valence-electron chi connectivity index (χ3n) is 7.86. The number of ether oxygens (including phenoxy) is 3. The topological polar surface area (TPSA) is 39.7 Å². The molecule has 1 N–H and O–H groups in total. The highest BCUT2D eigenvalue weighted by Crippen LogP contribution is 2.45. The van der Waals surface area contributed by atoms with Gasteiger partial charge in [-0.25, -0.2) is 0 Å². The normalized spacial score (nSPS) is 20.9. The van der Waals surface area contributed by atoms with E-state index in [1.165, 1.54) is 32.1 Å². The number of hydrogen-bond donors (Lipinski definition) is 1. The third kappa shape index (κ3) is 6.91. The summed E-state index contributed by atoms with van der Waals surface area (Å²) in [7, 11) is 0. The van der Waals surface area contributed by atoms with Crippen molar-refractivity contribution in [3.8, 4) is 5.75 Å². The molecule has 1 aliphatic carbocycles. The Kier molecular flexibility index (Phi) is 8.93. The van der Waals surface area contributed by atoms with Crippen molar-refractivity contribution < 1.29 is 14.2 Å². The zero-order chi connectivity index (χ0) is 26.4. The molecular formula is C33H40ClNO3. The average Bonchev–Trinajstić information content (AvgIpc) is 2.92. The predicted octanol–water partition coefficient (Wildman–Crippen LogP) is 8.74. The zero-order valence-electron chi connectivity index (χ0n) is 22.6. The number of rotatable bonds is 10. The molecule has 0 amide bonds. The van der Waals surface area contributed by atoms with Gasteiger partial charge in [-0.15, -0.1) is 0 Å². The molecule has 0 saturated heterocycles. The van der Waals surface area contributed by atoms with Gasteiger partial charge in [0.05, 0.1) is 6.61 Å². The van der Waals surface area contributed by atoms with Gasteiger partial charge in [-0.3, -0.25) is 0 Å². The number of benzene rings is 3. The van der Waals surface area contributed by atoms with Crippen molar-refractivity contribution in [3.05, 3.63) is 94.5 Å². The minimum Gasteiger partial charge on any atom is -0.485 e. The largest absolute Gasteiger partial charge is 0.485 e. The molecule has 5 rings (SSSR count). The standard InChI is InChI=1S/C33H40ClNO3/c1-33(2)32(37-23-25-12-7-4-8-13-25)31(36-19-18-24-10-5-3-6-11-24)29-21-28(16-17-30(29)38-33)35-22-26-14-9-15-27(34)20-26/h4,7-9,12-17,20-21,24,31-32,35H,3,5-6,10-11,18-19,22-23H2,1-2H3. The minimum absolute atomic E-state index is 0.214. The van der Waals surface area contributed by atoms with Gasteiger partial charge < -0.3 is 19.5 Å². The summed E-state index contributed by atoms with van der Waals surface area (Å²) in [6.45, 7) is 6.15. The fourth-order valence-electron chi connectivity index (χ4n) is 5.76. The second-order valence-electron chi connectivity index (χ2n) is 11.2. The van der Waals surface area contributed by atoms with E-state index in [-0.39, 0.29) is 12.2 Å². The van der Waals surface area contributed by atoms with Crippen LogP contribution >= 0.6 is 11.6 Å². The Labute approximate surface area is 232 Å².